The molecule has 2 atom stereocenters. The average molecular weight is 305 g/mol. The van der Waals surface area contributed by atoms with Crippen molar-refractivity contribution in [2.24, 2.45) is 11.8 Å². The smallest absolute Gasteiger partial charge is 0.334 e. The molecule has 0 bridgehead atoms. The van der Waals surface area contributed by atoms with Crippen molar-refractivity contribution in [1.29, 1.82) is 0 Å². The molecule has 3 fully saturated rings. The summed E-state index contributed by atoms with van der Waals surface area (Å²) in [4.78, 5) is 17.1. The molecule has 3 aliphatic rings. The zero-order chi connectivity index (χ0) is 15.2. The lowest BCUT2D eigenvalue weighted by molar-refractivity contribution is -0.184. The van der Waals surface area contributed by atoms with Crippen LogP contribution in [0.25, 0.3) is 0 Å². The Morgan fingerprint density at radius 2 is 1.52 bits per heavy atom. The normalized spacial score (nSPS) is 32.7. The molecule has 0 aromatic carbocycles. The van der Waals surface area contributed by atoms with Crippen LogP contribution in [0.2, 0.25) is 0 Å². The summed E-state index contributed by atoms with van der Waals surface area (Å²) >= 11 is 0. The highest BCUT2D eigenvalue weighted by molar-refractivity contribution is 5.82. The molecule has 1 amide bonds. The van der Waals surface area contributed by atoms with Crippen LogP contribution in [0.5, 0.6) is 0 Å². The molecule has 0 aromatic rings. The van der Waals surface area contributed by atoms with E-state index in [2.05, 4.69) is 16.8 Å². The number of fused-ring (bicyclic) bond motifs is 1. The number of halogens is 3. The number of amides is 1. The van der Waals surface area contributed by atoms with Crippen molar-refractivity contribution in [3.63, 3.8) is 0 Å². The van der Waals surface area contributed by atoms with Crippen LogP contribution in [-0.2, 0) is 4.79 Å². The summed E-state index contributed by atoms with van der Waals surface area (Å²) in [6, 6.07) is 0.568. The van der Waals surface area contributed by atoms with Crippen molar-refractivity contribution in [2.45, 2.75) is 25.1 Å². The van der Waals surface area contributed by atoms with Gasteiger partial charge in [-0.2, -0.15) is 13.2 Å². The minimum Gasteiger partial charge on any atom is -0.334 e. The van der Waals surface area contributed by atoms with E-state index >= 15 is 0 Å². The van der Waals surface area contributed by atoms with E-state index in [-0.39, 0.29) is 24.9 Å². The van der Waals surface area contributed by atoms with Gasteiger partial charge in [-0.15, -0.1) is 0 Å². The Morgan fingerprint density at radius 3 is 2.00 bits per heavy atom. The van der Waals surface area contributed by atoms with Crippen LogP contribution < -0.4 is 0 Å². The molecule has 3 rings (SSSR count). The number of alkyl halides is 3. The van der Waals surface area contributed by atoms with E-state index in [9.17, 15) is 18.0 Å². The standard InChI is InChI=1S/C14H22F3N3O/c1-18-4-2-12(3-5-18)19-6-10-8-20(9-11(10)7-19)13(21)14(15,16)17/h10-12H,2-9H2,1H3. The van der Waals surface area contributed by atoms with Gasteiger partial charge in [0.25, 0.3) is 0 Å². The molecule has 3 aliphatic heterocycles. The van der Waals surface area contributed by atoms with E-state index in [0.29, 0.717) is 6.04 Å². The third-order valence-electron chi connectivity index (χ3n) is 5.25. The fourth-order valence-corrected chi connectivity index (χ4v) is 4.03. The van der Waals surface area contributed by atoms with Crippen LogP contribution in [0.4, 0.5) is 13.2 Å². The van der Waals surface area contributed by atoms with Crippen molar-refractivity contribution in [3.05, 3.63) is 0 Å². The largest absolute Gasteiger partial charge is 0.471 e. The first kappa shape index (κ1) is 15.1. The molecule has 7 heteroatoms. The van der Waals surface area contributed by atoms with Gasteiger partial charge in [0.2, 0.25) is 0 Å². The number of nitrogens with zero attached hydrogens (tertiary/aromatic N) is 3. The van der Waals surface area contributed by atoms with Crippen LogP contribution in [0.15, 0.2) is 0 Å². The van der Waals surface area contributed by atoms with Gasteiger partial charge in [-0.1, -0.05) is 0 Å². The van der Waals surface area contributed by atoms with Gasteiger partial charge in [0.15, 0.2) is 0 Å². The van der Waals surface area contributed by atoms with Crippen LogP contribution in [0.1, 0.15) is 12.8 Å². The number of piperidine rings is 1. The molecule has 120 valence electrons. The van der Waals surface area contributed by atoms with Gasteiger partial charge in [0, 0.05) is 32.2 Å². The van der Waals surface area contributed by atoms with E-state index in [0.717, 1.165) is 43.9 Å². The Bertz CT molecular complexity index is 393. The fraction of sp³-hybridized carbons (Fsp3) is 0.929. The lowest BCUT2D eigenvalue weighted by Crippen LogP contribution is -2.45. The fourth-order valence-electron chi connectivity index (χ4n) is 4.03. The Hall–Kier alpha value is -0.820. The molecule has 0 saturated carbocycles. The Balaban J connectivity index is 1.53. The molecule has 0 aromatic heterocycles. The predicted molar refractivity (Wildman–Crippen MR) is 71.7 cm³/mol. The molecule has 0 spiro atoms. The van der Waals surface area contributed by atoms with Crippen LogP contribution in [-0.4, -0.2) is 79.1 Å². The molecule has 2 unspecified atom stereocenters. The van der Waals surface area contributed by atoms with Crippen molar-refractivity contribution < 1.29 is 18.0 Å². The van der Waals surface area contributed by atoms with Crippen molar-refractivity contribution in [2.75, 3.05) is 46.3 Å². The predicted octanol–water partition coefficient (Wildman–Crippen LogP) is 1.03. The van der Waals surface area contributed by atoms with Gasteiger partial charge < -0.3 is 9.80 Å². The zero-order valence-electron chi connectivity index (χ0n) is 12.3. The van der Waals surface area contributed by atoms with Crippen LogP contribution >= 0.6 is 0 Å². The highest BCUT2D eigenvalue weighted by Crippen LogP contribution is 2.35. The molecule has 0 radical (unpaired) electrons. The summed E-state index contributed by atoms with van der Waals surface area (Å²) in [7, 11) is 2.12. The van der Waals surface area contributed by atoms with Gasteiger partial charge >= 0.3 is 12.1 Å². The van der Waals surface area contributed by atoms with E-state index in [4.69, 9.17) is 0 Å². The highest BCUT2D eigenvalue weighted by atomic mass is 19.4. The van der Waals surface area contributed by atoms with Crippen LogP contribution in [0.3, 0.4) is 0 Å². The number of carbonyl (C=O) groups is 1. The van der Waals surface area contributed by atoms with Crippen molar-refractivity contribution >= 4 is 5.91 Å². The van der Waals surface area contributed by atoms with Crippen LogP contribution in [0, 0.1) is 11.8 Å². The van der Waals surface area contributed by atoms with E-state index in [1.807, 2.05) is 0 Å². The lowest BCUT2D eigenvalue weighted by Gasteiger charge is -2.35. The molecule has 0 aliphatic carbocycles. The highest BCUT2D eigenvalue weighted by Gasteiger charge is 2.49. The summed E-state index contributed by atoms with van der Waals surface area (Å²) in [5, 5.41) is 0. The maximum Gasteiger partial charge on any atom is 0.471 e. The molecule has 4 nitrogen and oxygen atoms in total. The zero-order valence-corrected chi connectivity index (χ0v) is 12.3. The minimum atomic E-state index is -4.73. The quantitative estimate of drug-likeness (QED) is 0.724. The number of carbonyl (C=O) groups excluding carboxylic acids is 1. The van der Waals surface area contributed by atoms with E-state index < -0.39 is 12.1 Å². The lowest BCUT2D eigenvalue weighted by atomic mass is 10.0. The first-order valence-electron chi connectivity index (χ1n) is 7.63. The average Bonchev–Trinajstić information content (AvgIpc) is 2.95. The first-order chi connectivity index (χ1) is 9.84. The monoisotopic (exact) mass is 305 g/mol. The summed E-state index contributed by atoms with van der Waals surface area (Å²) in [6.07, 6.45) is -2.45. The Kier molecular flexibility index (Phi) is 3.90. The van der Waals surface area contributed by atoms with Gasteiger partial charge in [-0.3, -0.25) is 9.69 Å². The SMILES string of the molecule is CN1CCC(N2CC3CN(C(=O)C(F)(F)F)CC3C2)CC1. The van der Waals surface area contributed by atoms with Gasteiger partial charge in [-0.25, -0.2) is 0 Å². The second-order valence-corrected chi connectivity index (χ2v) is 6.72. The third kappa shape index (κ3) is 3.04. The van der Waals surface area contributed by atoms with Gasteiger partial charge in [-0.05, 0) is 44.8 Å². The molecule has 3 saturated heterocycles. The molecule has 3 heterocycles. The first-order valence-corrected chi connectivity index (χ1v) is 7.63. The number of likely N-dealkylation sites (tertiary alicyclic amines) is 3. The van der Waals surface area contributed by atoms with Crippen molar-refractivity contribution in [3.8, 4) is 0 Å². The van der Waals surface area contributed by atoms with Gasteiger partial charge in [0.1, 0.15) is 0 Å². The summed E-state index contributed by atoms with van der Waals surface area (Å²) < 4.78 is 37.4. The minimum absolute atomic E-state index is 0.218. The summed E-state index contributed by atoms with van der Waals surface area (Å²) in [5.74, 6) is -1.23. The van der Waals surface area contributed by atoms with Gasteiger partial charge in [0.05, 0.1) is 0 Å². The Labute approximate surface area is 122 Å². The van der Waals surface area contributed by atoms with Crippen molar-refractivity contribution in [1.82, 2.24) is 14.7 Å². The molecule has 0 N–H and O–H groups in total. The third-order valence-corrected chi connectivity index (χ3v) is 5.25. The summed E-state index contributed by atoms with van der Waals surface area (Å²) in [5.41, 5.74) is 0. The molecular weight excluding hydrogens is 283 g/mol. The topological polar surface area (TPSA) is 26.8 Å². The number of rotatable bonds is 1. The van der Waals surface area contributed by atoms with E-state index in [1.165, 1.54) is 0 Å². The maximum atomic E-state index is 12.5. The van der Waals surface area contributed by atoms with E-state index in [1.54, 1.807) is 0 Å². The summed E-state index contributed by atoms with van der Waals surface area (Å²) in [6.45, 7) is 4.42. The molecular formula is C14H22F3N3O. The second-order valence-electron chi connectivity index (χ2n) is 6.72. The number of hydrogen-bond acceptors (Lipinski definition) is 3. The molecule has 21 heavy (non-hydrogen) atoms. The Morgan fingerprint density at radius 1 is 1.00 bits per heavy atom. The second kappa shape index (κ2) is 5.43. The number of hydrogen-bond donors (Lipinski definition) is 0. The maximum absolute atomic E-state index is 12.5.